The van der Waals surface area contributed by atoms with Gasteiger partial charge >= 0.3 is 5.69 Å². The highest BCUT2D eigenvalue weighted by molar-refractivity contribution is 5.78. The van der Waals surface area contributed by atoms with E-state index in [4.69, 9.17) is 0 Å². The van der Waals surface area contributed by atoms with Gasteiger partial charge in [0.2, 0.25) is 0 Å². The molecule has 1 aliphatic rings. The second-order valence-electron chi connectivity index (χ2n) is 4.90. The summed E-state index contributed by atoms with van der Waals surface area (Å²) in [7, 11) is 0. The molecular weight excluding hydrogens is 300 g/mol. The van der Waals surface area contributed by atoms with Crippen LogP contribution in [0.15, 0.2) is 34.3 Å². The lowest BCUT2D eigenvalue weighted by atomic mass is 10.1. The first kappa shape index (κ1) is 13.2. The molecule has 2 aromatic heterocycles. The minimum atomic E-state index is -0.518. The lowest BCUT2D eigenvalue weighted by Gasteiger charge is -2.09. The number of nitrogens with zero attached hydrogens (tertiary/aromatic N) is 5. The van der Waals surface area contributed by atoms with E-state index >= 15 is 0 Å². The van der Waals surface area contributed by atoms with Gasteiger partial charge in [0.15, 0.2) is 11.6 Å². The zero-order chi connectivity index (χ0) is 16.0. The van der Waals surface area contributed by atoms with Crippen molar-refractivity contribution >= 4 is 11.9 Å². The van der Waals surface area contributed by atoms with E-state index in [9.17, 15) is 15.0 Å². The number of phenolic OH excluding ortho intramolecular Hbond substituents is 2. The number of aromatic nitrogens is 5. The third kappa shape index (κ3) is 1.98. The highest BCUT2D eigenvalue weighted by atomic mass is 16.3. The van der Waals surface area contributed by atoms with Gasteiger partial charge in [0.05, 0.1) is 11.3 Å². The number of hydrogen-bond acceptors (Lipinski definition) is 7. The van der Waals surface area contributed by atoms with Gasteiger partial charge in [-0.15, -0.1) is 0 Å². The monoisotopic (exact) mass is 310 g/mol. The maximum atomic E-state index is 12.2. The van der Waals surface area contributed by atoms with Crippen LogP contribution in [0, 0.1) is 0 Å². The lowest BCUT2D eigenvalue weighted by Crippen LogP contribution is -2.17. The molecule has 3 heterocycles. The zero-order valence-corrected chi connectivity index (χ0v) is 11.6. The van der Waals surface area contributed by atoms with Crippen LogP contribution in [0.25, 0.3) is 17.2 Å². The Balaban J connectivity index is 1.99. The predicted octanol–water partition coefficient (Wildman–Crippen LogP) is 0.687. The molecule has 0 saturated heterocycles. The Labute approximate surface area is 128 Å². The maximum Gasteiger partial charge on any atom is 0.349 e. The molecule has 0 fully saturated rings. The third-order valence-corrected chi connectivity index (χ3v) is 3.49. The summed E-state index contributed by atoms with van der Waals surface area (Å²) in [4.78, 5) is 24.7. The normalized spacial score (nSPS) is 12.5. The van der Waals surface area contributed by atoms with Crippen molar-refractivity contribution in [2.75, 3.05) is 0 Å². The number of nitrogens with one attached hydrogen (secondary N) is 1. The Hall–Kier alpha value is -3.49. The first-order chi connectivity index (χ1) is 11.1. The summed E-state index contributed by atoms with van der Waals surface area (Å²) in [5, 5.41) is 25.7. The summed E-state index contributed by atoms with van der Waals surface area (Å²) >= 11 is 0. The van der Waals surface area contributed by atoms with Crippen LogP contribution in [-0.4, -0.2) is 41.2 Å². The van der Waals surface area contributed by atoms with Gasteiger partial charge in [0, 0.05) is 18.7 Å². The molecule has 0 atom stereocenters. The Kier molecular flexibility index (Phi) is 2.73. The Bertz CT molecular complexity index is 1000. The first-order valence-corrected chi connectivity index (χ1v) is 6.71. The SMILES string of the molecule is O=c1[nH]nc(-c2ccc(O)cc2O)n1-c1ncnc2c1N=CC2. The van der Waals surface area contributed by atoms with Gasteiger partial charge in [-0.3, -0.25) is 4.99 Å². The number of aliphatic imine (C=N–C) groups is 1. The summed E-state index contributed by atoms with van der Waals surface area (Å²) in [5.41, 5.74) is 0.963. The molecule has 9 nitrogen and oxygen atoms in total. The number of rotatable bonds is 2. The number of hydrogen-bond donors (Lipinski definition) is 3. The van der Waals surface area contributed by atoms with Crippen molar-refractivity contribution in [1.82, 2.24) is 24.7 Å². The molecule has 0 spiro atoms. The molecular formula is C14H10N6O3. The molecule has 0 bridgehead atoms. The first-order valence-electron chi connectivity index (χ1n) is 6.71. The molecule has 3 aromatic rings. The molecule has 3 N–H and O–H groups in total. The van der Waals surface area contributed by atoms with Crippen molar-refractivity contribution in [1.29, 1.82) is 0 Å². The molecule has 1 aromatic carbocycles. The second kappa shape index (κ2) is 4.77. The van der Waals surface area contributed by atoms with Crippen LogP contribution < -0.4 is 5.69 Å². The summed E-state index contributed by atoms with van der Waals surface area (Å²) in [6.45, 7) is 0. The van der Waals surface area contributed by atoms with Crippen LogP contribution in [0.4, 0.5) is 5.69 Å². The highest BCUT2D eigenvalue weighted by Crippen LogP contribution is 2.33. The quantitative estimate of drug-likeness (QED) is 0.638. The second-order valence-corrected chi connectivity index (χ2v) is 4.90. The minimum absolute atomic E-state index is 0.0942. The van der Waals surface area contributed by atoms with E-state index < -0.39 is 5.69 Å². The van der Waals surface area contributed by atoms with E-state index in [1.807, 2.05) is 0 Å². The van der Waals surface area contributed by atoms with Crippen LogP contribution >= 0.6 is 0 Å². The molecule has 0 saturated carbocycles. The largest absolute Gasteiger partial charge is 0.508 e. The molecule has 1 aliphatic heterocycles. The summed E-state index contributed by atoms with van der Waals surface area (Å²) in [6, 6.07) is 4.02. The van der Waals surface area contributed by atoms with Crippen LogP contribution in [0.2, 0.25) is 0 Å². The number of phenols is 2. The Morgan fingerprint density at radius 2 is 2.09 bits per heavy atom. The van der Waals surface area contributed by atoms with E-state index in [2.05, 4.69) is 25.2 Å². The zero-order valence-electron chi connectivity index (χ0n) is 11.6. The number of benzene rings is 1. The van der Waals surface area contributed by atoms with E-state index in [-0.39, 0.29) is 28.7 Å². The molecule has 9 heteroatoms. The average Bonchev–Trinajstić information content (AvgIpc) is 3.14. The fourth-order valence-electron chi connectivity index (χ4n) is 2.46. The van der Waals surface area contributed by atoms with Crippen molar-refractivity contribution in [2.24, 2.45) is 4.99 Å². The van der Waals surface area contributed by atoms with Gasteiger partial charge in [-0.1, -0.05) is 0 Å². The van der Waals surface area contributed by atoms with Crippen LogP contribution in [-0.2, 0) is 6.42 Å². The van der Waals surface area contributed by atoms with Crippen LogP contribution in [0.3, 0.4) is 0 Å². The van der Waals surface area contributed by atoms with E-state index in [1.165, 1.54) is 29.1 Å². The van der Waals surface area contributed by atoms with Gasteiger partial charge < -0.3 is 10.2 Å². The van der Waals surface area contributed by atoms with Crippen molar-refractivity contribution in [2.45, 2.75) is 6.42 Å². The number of aromatic hydroxyl groups is 2. The van der Waals surface area contributed by atoms with Crippen molar-refractivity contribution in [3.8, 4) is 28.7 Å². The lowest BCUT2D eigenvalue weighted by molar-refractivity contribution is 0.451. The molecule has 0 radical (unpaired) electrons. The minimum Gasteiger partial charge on any atom is -0.508 e. The van der Waals surface area contributed by atoms with Gasteiger partial charge in [0.25, 0.3) is 0 Å². The maximum absolute atomic E-state index is 12.2. The van der Waals surface area contributed by atoms with Crippen LogP contribution in [0.1, 0.15) is 5.69 Å². The van der Waals surface area contributed by atoms with Crippen molar-refractivity contribution < 1.29 is 10.2 Å². The summed E-state index contributed by atoms with van der Waals surface area (Å²) in [5.74, 6) is 0.142. The number of fused-ring (bicyclic) bond motifs is 1. The van der Waals surface area contributed by atoms with E-state index in [0.717, 1.165) is 0 Å². The molecule has 0 aliphatic carbocycles. The fourth-order valence-corrected chi connectivity index (χ4v) is 2.46. The Morgan fingerprint density at radius 1 is 1.22 bits per heavy atom. The number of H-pyrrole nitrogens is 1. The predicted molar refractivity (Wildman–Crippen MR) is 80.4 cm³/mol. The summed E-state index contributed by atoms with van der Waals surface area (Å²) < 4.78 is 1.22. The molecule has 23 heavy (non-hydrogen) atoms. The van der Waals surface area contributed by atoms with Crippen molar-refractivity contribution in [3.05, 3.63) is 40.7 Å². The smallest absolute Gasteiger partial charge is 0.349 e. The third-order valence-electron chi connectivity index (χ3n) is 3.49. The van der Waals surface area contributed by atoms with Gasteiger partial charge in [-0.2, -0.15) is 5.10 Å². The molecule has 114 valence electrons. The molecule has 0 amide bonds. The number of aromatic amines is 1. The standard InChI is InChI=1S/C14H10N6O3/c21-7-1-2-8(10(22)5-7)12-18-19-14(23)20(12)13-11-9(3-4-15-11)16-6-17-13/h1-2,4-6,21-22H,3H2,(H,19,23). The van der Waals surface area contributed by atoms with Gasteiger partial charge in [-0.05, 0) is 12.1 Å². The fraction of sp³-hybridized carbons (Fsp3) is 0.0714. The van der Waals surface area contributed by atoms with Crippen molar-refractivity contribution in [3.63, 3.8) is 0 Å². The highest BCUT2D eigenvalue weighted by Gasteiger charge is 2.22. The van der Waals surface area contributed by atoms with E-state index in [0.29, 0.717) is 17.8 Å². The average molecular weight is 310 g/mol. The molecule has 4 rings (SSSR count). The topological polar surface area (TPSA) is 129 Å². The van der Waals surface area contributed by atoms with Gasteiger partial charge in [-0.25, -0.2) is 24.4 Å². The van der Waals surface area contributed by atoms with Crippen LogP contribution in [0.5, 0.6) is 11.5 Å². The Morgan fingerprint density at radius 3 is 2.91 bits per heavy atom. The summed E-state index contributed by atoms with van der Waals surface area (Å²) in [6.07, 6.45) is 3.60. The molecule has 0 unspecified atom stereocenters. The van der Waals surface area contributed by atoms with E-state index in [1.54, 1.807) is 6.21 Å². The van der Waals surface area contributed by atoms with Gasteiger partial charge in [0.1, 0.15) is 23.5 Å².